The lowest BCUT2D eigenvalue weighted by Gasteiger charge is -2.22. The summed E-state index contributed by atoms with van der Waals surface area (Å²) in [6.45, 7) is 4.25. The number of carbonyl (C=O) groups excluding carboxylic acids is 4. The van der Waals surface area contributed by atoms with Crippen molar-refractivity contribution in [3.63, 3.8) is 0 Å². The molecule has 0 heterocycles. The van der Waals surface area contributed by atoms with Crippen LogP contribution in [0.5, 0.6) is 0 Å². The maximum atomic E-state index is 12.3. The van der Waals surface area contributed by atoms with E-state index in [0.29, 0.717) is 0 Å². The van der Waals surface area contributed by atoms with Gasteiger partial charge in [0.25, 0.3) is 0 Å². The molecule has 0 aromatic heterocycles. The largest absolute Gasteiger partial charge is 0.480 e. The van der Waals surface area contributed by atoms with Crippen molar-refractivity contribution >= 4 is 29.6 Å². The van der Waals surface area contributed by atoms with Crippen LogP contribution in [0.3, 0.4) is 0 Å². The van der Waals surface area contributed by atoms with Gasteiger partial charge in [-0.25, -0.2) is 4.79 Å². The lowest BCUT2D eigenvalue weighted by atomic mass is 10.0. The summed E-state index contributed by atoms with van der Waals surface area (Å²) < 4.78 is 0. The van der Waals surface area contributed by atoms with Gasteiger partial charge >= 0.3 is 5.97 Å². The molecule has 0 aliphatic rings. The van der Waals surface area contributed by atoms with Crippen LogP contribution < -0.4 is 27.4 Å². The van der Waals surface area contributed by atoms with Crippen molar-refractivity contribution in [3.05, 3.63) is 0 Å². The lowest BCUT2D eigenvalue weighted by molar-refractivity contribution is -0.144. The summed E-state index contributed by atoms with van der Waals surface area (Å²) in [6, 6.07) is -3.76. The standard InChI is InChI=1S/C16H29N5O7/c1-7(2)4-10(20-14(25)9(17)5-11(18)23)15(26)19-6-12(24)21-13(8(3)22)16(27)28/h7-10,13,22H,4-6,17H2,1-3H3,(H2,18,23)(H,19,26)(H,20,25)(H,21,24)(H,27,28). The van der Waals surface area contributed by atoms with Crippen molar-refractivity contribution < 1.29 is 34.2 Å². The van der Waals surface area contributed by atoms with Crippen LogP contribution in [-0.2, 0) is 24.0 Å². The number of hydrogen-bond acceptors (Lipinski definition) is 7. The number of carbonyl (C=O) groups is 5. The van der Waals surface area contributed by atoms with Gasteiger partial charge in [0.05, 0.1) is 25.1 Å². The van der Waals surface area contributed by atoms with E-state index in [1.54, 1.807) is 0 Å². The molecule has 0 radical (unpaired) electrons. The second-order valence-electron chi connectivity index (χ2n) is 6.81. The maximum Gasteiger partial charge on any atom is 0.328 e. The summed E-state index contributed by atoms with van der Waals surface area (Å²) in [6.07, 6.45) is -1.49. The molecule has 0 aliphatic carbocycles. The van der Waals surface area contributed by atoms with E-state index in [-0.39, 0.29) is 18.8 Å². The van der Waals surface area contributed by atoms with E-state index in [9.17, 15) is 29.1 Å². The van der Waals surface area contributed by atoms with E-state index in [1.807, 2.05) is 13.8 Å². The third-order valence-electron chi connectivity index (χ3n) is 3.59. The van der Waals surface area contributed by atoms with Crippen LogP contribution in [0.2, 0.25) is 0 Å². The molecule has 0 aliphatic heterocycles. The van der Waals surface area contributed by atoms with Gasteiger partial charge in [-0.1, -0.05) is 13.8 Å². The van der Waals surface area contributed by atoms with Crippen LogP contribution in [0.4, 0.5) is 0 Å². The third kappa shape index (κ3) is 9.83. The summed E-state index contributed by atoms with van der Waals surface area (Å²) in [4.78, 5) is 57.9. The van der Waals surface area contributed by atoms with Gasteiger partial charge in [0.1, 0.15) is 6.04 Å². The Bertz CT molecular complexity index is 594. The van der Waals surface area contributed by atoms with E-state index < -0.39 is 60.4 Å². The SMILES string of the molecule is CC(C)CC(NC(=O)C(N)CC(N)=O)C(=O)NCC(=O)NC(C(=O)O)C(C)O. The van der Waals surface area contributed by atoms with Crippen LogP contribution in [0.15, 0.2) is 0 Å². The molecule has 12 nitrogen and oxygen atoms in total. The van der Waals surface area contributed by atoms with E-state index >= 15 is 0 Å². The molecule has 0 aromatic rings. The minimum atomic E-state index is -1.53. The minimum absolute atomic E-state index is 0.00358. The van der Waals surface area contributed by atoms with Crippen LogP contribution in [0.25, 0.3) is 0 Å². The van der Waals surface area contributed by atoms with Gasteiger partial charge in [-0.15, -0.1) is 0 Å². The summed E-state index contributed by atoms with van der Waals surface area (Å²) >= 11 is 0. The number of hydrogen-bond donors (Lipinski definition) is 7. The predicted octanol–water partition coefficient (Wildman–Crippen LogP) is -3.21. The minimum Gasteiger partial charge on any atom is -0.480 e. The molecule has 0 spiro atoms. The Labute approximate surface area is 162 Å². The Morgan fingerprint density at radius 3 is 2.00 bits per heavy atom. The highest BCUT2D eigenvalue weighted by atomic mass is 16.4. The zero-order chi connectivity index (χ0) is 22.0. The Hall–Kier alpha value is -2.73. The Balaban J connectivity index is 4.85. The summed E-state index contributed by atoms with van der Waals surface area (Å²) in [5.74, 6) is -4.46. The summed E-state index contributed by atoms with van der Waals surface area (Å²) in [7, 11) is 0. The lowest BCUT2D eigenvalue weighted by Crippen LogP contribution is -2.55. The number of nitrogens with two attached hydrogens (primary N) is 2. The number of amides is 4. The summed E-state index contributed by atoms with van der Waals surface area (Å²) in [5, 5.41) is 25.0. The second kappa shape index (κ2) is 11.9. The van der Waals surface area contributed by atoms with E-state index in [4.69, 9.17) is 16.6 Å². The van der Waals surface area contributed by atoms with E-state index in [2.05, 4.69) is 16.0 Å². The smallest absolute Gasteiger partial charge is 0.328 e. The fourth-order valence-electron chi connectivity index (χ4n) is 2.19. The number of aliphatic carboxylic acids is 1. The van der Waals surface area contributed by atoms with E-state index in [1.165, 1.54) is 6.92 Å². The van der Waals surface area contributed by atoms with Crippen LogP contribution in [0.1, 0.15) is 33.6 Å². The molecule has 0 bridgehead atoms. The zero-order valence-corrected chi connectivity index (χ0v) is 16.1. The van der Waals surface area contributed by atoms with Crippen molar-refractivity contribution in [3.8, 4) is 0 Å². The first-order valence-electron chi connectivity index (χ1n) is 8.67. The highest BCUT2D eigenvalue weighted by Crippen LogP contribution is 2.05. The fourth-order valence-corrected chi connectivity index (χ4v) is 2.19. The fraction of sp³-hybridized carbons (Fsp3) is 0.688. The Morgan fingerprint density at radius 1 is 1.00 bits per heavy atom. The zero-order valence-electron chi connectivity index (χ0n) is 16.1. The Kier molecular flexibility index (Phi) is 10.7. The van der Waals surface area contributed by atoms with Gasteiger partial charge in [-0.2, -0.15) is 0 Å². The van der Waals surface area contributed by atoms with Gasteiger partial charge in [-0.05, 0) is 19.3 Å². The number of aliphatic hydroxyl groups excluding tert-OH is 1. The first kappa shape index (κ1) is 25.3. The van der Waals surface area contributed by atoms with Crippen molar-refractivity contribution in [2.75, 3.05) is 6.54 Å². The molecule has 4 atom stereocenters. The highest BCUT2D eigenvalue weighted by Gasteiger charge is 2.27. The number of primary amides is 1. The molecule has 4 amide bonds. The first-order valence-corrected chi connectivity index (χ1v) is 8.67. The normalized spacial score (nSPS) is 15.1. The monoisotopic (exact) mass is 403 g/mol. The molecular formula is C16H29N5O7. The maximum absolute atomic E-state index is 12.3. The topological polar surface area (TPSA) is 214 Å². The molecule has 0 aromatic carbocycles. The van der Waals surface area contributed by atoms with Gasteiger partial charge in [0.2, 0.25) is 23.6 Å². The molecule has 0 fully saturated rings. The molecule has 0 saturated heterocycles. The first-order chi connectivity index (χ1) is 12.8. The number of carboxylic acid groups (broad SMARTS) is 1. The average molecular weight is 403 g/mol. The van der Waals surface area contributed by atoms with Crippen molar-refractivity contribution in [2.24, 2.45) is 17.4 Å². The van der Waals surface area contributed by atoms with Crippen LogP contribution >= 0.6 is 0 Å². The number of carboxylic acids is 1. The highest BCUT2D eigenvalue weighted by molar-refractivity contribution is 5.93. The molecule has 0 saturated carbocycles. The number of rotatable bonds is 12. The quantitative estimate of drug-likeness (QED) is 0.175. The van der Waals surface area contributed by atoms with Crippen molar-refractivity contribution in [2.45, 2.75) is 57.8 Å². The van der Waals surface area contributed by atoms with Gasteiger partial charge in [-0.3, -0.25) is 19.2 Å². The summed E-state index contributed by atoms with van der Waals surface area (Å²) in [5.41, 5.74) is 10.5. The molecule has 160 valence electrons. The average Bonchev–Trinajstić information content (AvgIpc) is 2.55. The van der Waals surface area contributed by atoms with Crippen LogP contribution in [0, 0.1) is 5.92 Å². The molecular weight excluding hydrogens is 374 g/mol. The van der Waals surface area contributed by atoms with Gasteiger partial charge in [0, 0.05) is 0 Å². The Morgan fingerprint density at radius 2 is 1.57 bits per heavy atom. The van der Waals surface area contributed by atoms with Crippen LogP contribution in [-0.4, -0.2) is 70.6 Å². The molecule has 4 unspecified atom stereocenters. The number of nitrogens with one attached hydrogen (secondary N) is 3. The van der Waals surface area contributed by atoms with Gasteiger partial charge < -0.3 is 37.6 Å². The molecule has 0 rings (SSSR count). The molecule has 12 heteroatoms. The van der Waals surface area contributed by atoms with Gasteiger partial charge in [0.15, 0.2) is 6.04 Å². The number of aliphatic hydroxyl groups is 1. The molecule has 9 N–H and O–H groups in total. The molecule has 28 heavy (non-hydrogen) atoms. The third-order valence-corrected chi connectivity index (χ3v) is 3.59. The second-order valence-corrected chi connectivity index (χ2v) is 6.81. The van der Waals surface area contributed by atoms with E-state index in [0.717, 1.165) is 0 Å². The van der Waals surface area contributed by atoms with Crippen molar-refractivity contribution in [1.29, 1.82) is 0 Å². The predicted molar refractivity (Wildman–Crippen MR) is 97.4 cm³/mol. The van der Waals surface area contributed by atoms with Crippen molar-refractivity contribution in [1.82, 2.24) is 16.0 Å².